The Morgan fingerprint density at radius 2 is 1.59 bits per heavy atom. The average Bonchev–Trinajstić information content (AvgIpc) is 2.95. The van der Waals surface area contributed by atoms with Crippen LogP contribution in [-0.2, 0) is 0 Å². The zero-order chi connectivity index (χ0) is 16.2. The van der Waals surface area contributed by atoms with E-state index in [4.69, 9.17) is 0 Å². The van der Waals surface area contributed by atoms with Crippen molar-refractivity contribution in [1.82, 2.24) is 0 Å². The van der Waals surface area contributed by atoms with E-state index in [0.29, 0.717) is 5.41 Å². The maximum absolute atomic E-state index is 3.80. The molecule has 0 fully saturated rings. The molecule has 2 aliphatic carbocycles. The Morgan fingerprint density at radius 1 is 0.955 bits per heavy atom. The molecule has 22 heavy (non-hydrogen) atoms. The second kappa shape index (κ2) is 5.04. The van der Waals surface area contributed by atoms with Crippen LogP contribution in [0.2, 0.25) is 0 Å². The lowest BCUT2D eigenvalue weighted by molar-refractivity contribution is 0.387. The van der Waals surface area contributed by atoms with Crippen LogP contribution < -0.4 is 10.8 Å². The second-order valence-electron chi connectivity index (χ2n) is 8.05. The monoisotopic (exact) mass is 293 g/mol. The van der Waals surface area contributed by atoms with Gasteiger partial charge in [-0.05, 0) is 74.6 Å². The molecule has 0 spiro atoms. The van der Waals surface area contributed by atoms with Crippen molar-refractivity contribution in [1.29, 1.82) is 0 Å². The Hall–Kier alpha value is -1.44. The molecule has 0 heterocycles. The predicted octanol–water partition coefficient (Wildman–Crippen LogP) is 3.99. The molecule has 116 valence electrons. The topological polar surface area (TPSA) is 12.0 Å². The Labute approximate surface area is 136 Å². The van der Waals surface area contributed by atoms with Gasteiger partial charge in [-0.25, -0.2) is 0 Å². The van der Waals surface area contributed by atoms with Crippen LogP contribution in [0.15, 0.2) is 22.9 Å². The highest BCUT2D eigenvalue weighted by Gasteiger charge is 2.34. The van der Waals surface area contributed by atoms with Gasteiger partial charge in [0.1, 0.15) is 7.85 Å². The normalized spacial score (nSPS) is 19.5. The van der Waals surface area contributed by atoms with E-state index >= 15 is 0 Å². The SMILES string of the molecule is Bc1c(C)c(C)c(C)c(C)c1NC1=CCC2=C1CC(C)(C)C2. The smallest absolute Gasteiger partial charge is 0.142 e. The van der Waals surface area contributed by atoms with Gasteiger partial charge < -0.3 is 5.32 Å². The van der Waals surface area contributed by atoms with Crippen molar-refractivity contribution in [3.8, 4) is 0 Å². The minimum atomic E-state index is 0.440. The Bertz CT molecular complexity index is 691. The van der Waals surface area contributed by atoms with Crippen LogP contribution in [0.3, 0.4) is 0 Å². The highest BCUT2D eigenvalue weighted by atomic mass is 14.9. The zero-order valence-corrected chi connectivity index (χ0v) is 15.2. The first-order chi connectivity index (χ1) is 10.2. The van der Waals surface area contributed by atoms with Crippen molar-refractivity contribution in [3.05, 3.63) is 45.2 Å². The van der Waals surface area contributed by atoms with Crippen LogP contribution in [0.25, 0.3) is 0 Å². The van der Waals surface area contributed by atoms with Crippen molar-refractivity contribution >= 4 is 19.0 Å². The fourth-order valence-electron chi connectivity index (χ4n) is 4.13. The molecule has 1 nitrogen and oxygen atoms in total. The van der Waals surface area contributed by atoms with Gasteiger partial charge in [0.25, 0.3) is 0 Å². The van der Waals surface area contributed by atoms with Gasteiger partial charge in [0, 0.05) is 11.4 Å². The zero-order valence-electron chi connectivity index (χ0n) is 15.2. The largest absolute Gasteiger partial charge is 0.356 e. The summed E-state index contributed by atoms with van der Waals surface area (Å²) >= 11 is 0. The summed E-state index contributed by atoms with van der Waals surface area (Å²) in [5.74, 6) is 0. The Balaban J connectivity index is 1.96. The molecule has 0 aromatic heterocycles. The van der Waals surface area contributed by atoms with Crippen LogP contribution >= 0.6 is 0 Å². The first kappa shape index (κ1) is 15.5. The summed E-state index contributed by atoms with van der Waals surface area (Å²) in [7, 11) is 2.25. The number of hydrogen-bond donors (Lipinski definition) is 1. The number of rotatable bonds is 2. The van der Waals surface area contributed by atoms with Crippen LogP contribution in [0, 0.1) is 33.1 Å². The summed E-state index contributed by atoms with van der Waals surface area (Å²) in [5.41, 5.74) is 13.4. The van der Waals surface area contributed by atoms with Crippen LogP contribution in [0.4, 0.5) is 5.69 Å². The van der Waals surface area contributed by atoms with E-state index in [2.05, 4.69) is 60.8 Å². The standard InChI is InChI=1S/C20H28BN/c1-11-12(2)14(4)19(18(21)13(11)3)22-17-8-7-15-9-20(5,6)10-16(15)17/h8,22H,7,9-10,21H2,1-6H3. The third-order valence-electron chi connectivity index (χ3n) is 5.91. The Kier molecular flexibility index (Phi) is 3.54. The minimum Gasteiger partial charge on any atom is -0.356 e. The predicted molar refractivity (Wildman–Crippen MR) is 99.9 cm³/mol. The van der Waals surface area contributed by atoms with E-state index in [1.807, 2.05) is 0 Å². The number of hydrogen-bond acceptors (Lipinski definition) is 1. The van der Waals surface area contributed by atoms with Gasteiger partial charge in [0.15, 0.2) is 0 Å². The molecule has 2 aliphatic rings. The van der Waals surface area contributed by atoms with Gasteiger partial charge in [-0.2, -0.15) is 0 Å². The van der Waals surface area contributed by atoms with Crippen molar-refractivity contribution in [2.75, 3.05) is 5.32 Å². The molecule has 0 saturated carbocycles. The second-order valence-corrected chi connectivity index (χ2v) is 8.05. The van der Waals surface area contributed by atoms with Gasteiger partial charge >= 0.3 is 0 Å². The molecule has 0 amide bonds. The summed E-state index contributed by atoms with van der Waals surface area (Å²) < 4.78 is 0. The lowest BCUT2D eigenvalue weighted by atomic mass is 9.82. The fraction of sp³-hybridized carbons (Fsp3) is 0.500. The maximum atomic E-state index is 3.80. The molecular weight excluding hydrogens is 265 g/mol. The van der Waals surface area contributed by atoms with E-state index in [9.17, 15) is 0 Å². The van der Waals surface area contributed by atoms with Gasteiger partial charge in [-0.15, -0.1) is 0 Å². The van der Waals surface area contributed by atoms with Gasteiger partial charge in [-0.3, -0.25) is 0 Å². The Morgan fingerprint density at radius 3 is 2.27 bits per heavy atom. The third-order valence-corrected chi connectivity index (χ3v) is 5.91. The summed E-state index contributed by atoms with van der Waals surface area (Å²) in [5, 5.41) is 3.80. The highest BCUT2D eigenvalue weighted by molar-refractivity contribution is 6.37. The third kappa shape index (κ3) is 2.33. The number of nitrogens with one attached hydrogen (secondary N) is 1. The maximum Gasteiger partial charge on any atom is 0.142 e. The van der Waals surface area contributed by atoms with Gasteiger partial charge in [-0.1, -0.05) is 36.5 Å². The van der Waals surface area contributed by atoms with E-state index in [1.165, 1.54) is 51.9 Å². The van der Waals surface area contributed by atoms with Gasteiger partial charge in [0.2, 0.25) is 0 Å². The van der Waals surface area contributed by atoms with Crippen LogP contribution in [-0.4, -0.2) is 7.85 Å². The van der Waals surface area contributed by atoms with Crippen LogP contribution in [0.1, 0.15) is 55.4 Å². The summed E-state index contributed by atoms with van der Waals surface area (Å²) in [6, 6.07) is 0. The van der Waals surface area contributed by atoms with Crippen molar-refractivity contribution in [2.45, 2.75) is 60.8 Å². The van der Waals surface area contributed by atoms with Crippen molar-refractivity contribution in [3.63, 3.8) is 0 Å². The molecule has 0 aliphatic heterocycles. The number of benzene rings is 1. The van der Waals surface area contributed by atoms with Crippen LogP contribution in [0.5, 0.6) is 0 Å². The van der Waals surface area contributed by atoms with Crippen molar-refractivity contribution in [2.24, 2.45) is 5.41 Å². The first-order valence-electron chi connectivity index (χ1n) is 8.46. The van der Waals surface area contributed by atoms with E-state index in [0.717, 1.165) is 6.42 Å². The molecule has 0 unspecified atom stereocenters. The average molecular weight is 293 g/mol. The molecule has 3 rings (SSSR count). The number of allylic oxidation sites excluding steroid dienone is 3. The van der Waals surface area contributed by atoms with E-state index < -0.39 is 0 Å². The molecule has 0 atom stereocenters. The molecule has 2 heteroatoms. The van der Waals surface area contributed by atoms with E-state index in [1.54, 1.807) is 11.1 Å². The lowest BCUT2D eigenvalue weighted by Crippen LogP contribution is -2.20. The quantitative estimate of drug-likeness (QED) is 0.813. The first-order valence-corrected chi connectivity index (χ1v) is 8.46. The molecule has 0 saturated heterocycles. The lowest BCUT2D eigenvalue weighted by Gasteiger charge is -2.23. The molecular formula is C20H28BN. The van der Waals surface area contributed by atoms with Crippen molar-refractivity contribution < 1.29 is 0 Å². The molecule has 1 aromatic carbocycles. The highest BCUT2D eigenvalue weighted by Crippen LogP contribution is 2.48. The summed E-state index contributed by atoms with van der Waals surface area (Å²) in [4.78, 5) is 0. The molecule has 1 N–H and O–H groups in total. The van der Waals surface area contributed by atoms with Gasteiger partial charge in [0.05, 0.1) is 0 Å². The fourth-order valence-corrected chi connectivity index (χ4v) is 4.13. The molecule has 0 bridgehead atoms. The van der Waals surface area contributed by atoms with E-state index in [-0.39, 0.29) is 0 Å². The number of anilines is 1. The molecule has 0 radical (unpaired) electrons. The molecule has 1 aromatic rings. The minimum absolute atomic E-state index is 0.440. The summed E-state index contributed by atoms with van der Waals surface area (Å²) in [6.45, 7) is 13.8. The summed E-state index contributed by atoms with van der Waals surface area (Å²) in [6.07, 6.45) is 6.00.